The monoisotopic (exact) mass is 567 g/mol. The number of carbonyl (C=O) groups is 1. The Hall–Kier alpha value is -3.65. The van der Waals surface area contributed by atoms with Gasteiger partial charge in [-0.1, -0.05) is 42.5 Å². The fourth-order valence-electron chi connectivity index (χ4n) is 6.18. The van der Waals surface area contributed by atoms with Crippen molar-refractivity contribution in [2.75, 3.05) is 33.4 Å². The number of carboxylic acids is 1. The molecule has 41 heavy (non-hydrogen) atoms. The molecule has 8 heteroatoms. The van der Waals surface area contributed by atoms with Crippen molar-refractivity contribution in [3.05, 3.63) is 99.6 Å². The summed E-state index contributed by atoms with van der Waals surface area (Å²) in [6, 6.07) is 17.2. The zero-order valence-electron chi connectivity index (χ0n) is 22.9. The molecule has 0 unspecified atom stereocenters. The third-order valence-corrected chi connectivity index (χ3v) is 8.06. The van der Waals surface area contributed by atoms with Gasteiger partial charge in [-0.15, -0.1) is 0 Å². The Balaban J connectivity index is 1.59. The summed E-state index contributed by atoms with van der Waals surface area (Å²) in [6.45, 7) is 2.34. The average molecular weight is 568 g/mol. The molecule has 1 heterocycles. The van der Waals surface area contributed by atoms with E-state index in [1.54, 1.807) is 18.2 Å². The van der Waals surface area contributed by atoms with Crippen LogP contribution in [-0.2, 0) is 19.0 Å². The Morgan fingerprint density at radius 2 is 1.78 bits per heavy atom. The number of likely N-dealkylation sites (tertiary alicyclic amines) is 1. The maximum absolute atomic E-state index is 14.4. The fraction of sp³-hybridized carbons (Fsp3) is 0.364. The summed E-state index contributed by atoms with van der Waals surface area (Å²) < 4.78 is 60.9. The van der Waals surface area contributed by atoms with Gasteiger partial charge in [0.15, 0.2) is 0 Å². The van der Waals surface area contributed by atoms with Crippen LogP contribution in [0.4, 0.5) is 17.6 Å². The minimum absolute atomic E-state index is 0.0777. The number of carboxylic acid groups (broad SMARTS) is 1. The van der Waals surface area contributed by atoms with Crippen molar-refractivity contribution in [3.8, 4) is 5.75 Å². The molecule has 3 aromatic carbocycles. The minimum atomic E-state index is -4.63. The normalized spacial score (nSPS) is 16.2. The summed E-state index contributed by atoms with van der Waals surface area (Å²) in [7, 11) is 1.24. The molecule has 0 atom stereocenters. The lowest BCUT2D eigenvalue weighted by atomic mass is 9.84. The number of allylic oxidation sites excluding steroid dienone is 1. The van der Waals surface area contributed by atoms with Gasteiger partial charge in [-0.2, -0.15) is 13.2 Å². The number of ether oxygens (including phenoxy) is 1. The van der Waals surface area contributed by atoms with Crippen LogP contribution in [0.15, 0.2) is 60.7 Å². The van der Waals surface area contributed by atoms with Crippen molar-refractivity contribution in [2.45, 2.75) is 38.3 Å². The van der Waals surface area contributed by atoms with E-state index < -0.39 is 17.7 Å². The maximum Gasteiger partial charge on any atom is 0.420 e. The predicted molar refractivity (Wildman–Crippen MR) is 151 cm³/mol. The first-order valence-electron chi connectivity index (χ1n) is 13.9. The molecule has 1 aliphatic heterocycles. The molecule has 5 rings (SSSR count). The van der Waals surface area contributed by atoms with Gasteiger partial charge in [0.25, 0.3) is 0 Å². The van der Waals surface area contributed by atoms with Crippen LogP contribution in [0.3, 0.4) is 0 Å². The van der Waals surface area contributed by atoms with Gasteiger partial charge >= 0.3 is 12.1 Å². The van der Waals surface area contributed by atoms with Gasteiger partial charge in [-0.05, 0) is 95.2 Å². The molecule has 4 nitrogen and oxygen atoms in total. The first-order chi connectivity index (χ1) is 19.7. The highest BCUT2D eigenvalue weighted by Gasteiger charge is 2.38. The lowest BCUT2D eigenvalue weighted by Gasteiger charge is -2.39. The number of benzene rings is 3. The van der Waals surface area contributed by atoms with E-state index >= 15 is 0 Å². The Morgan fingerprint density at radius 1 is 1.02 bits per heavy atom. The molecule has 0 bridgehead atoms. The lowest BCUT2D eigenvalue weighted by molar-refractivity contribution is -0.138. The molecule has 1 saturated heterocycles. The Labute approximate surface area is 237 Å². The van der Waals surface area contributed by atoms with E-state index in [-0.39, 0.29) is 23.6 Å². The van der Waals surface area contributed by atoms with Crippen LogP contribution in [0.2, 0.25) is 0 Å². The standard InChI is InChI=1S/C33H33F4NO3/c1-41-29-8-3-7-28(31(29)33(35,36)37)27-6-2-5-24-18-25(32(39)40)13-14-26(24)30(27)23-11-9-21(10-12-23)17-22-19-38(20-22)16-4-15-34/h3,7-14,18,22H,2,4-6,15-17,19-20H2,1H3,(H,39,40). The number of aryl methyl sites for hydroxylation is 1. The molecule has 3 aromatic rings. The van der Waals surface area contributed by atoms with Gasteiger partial charge in [0.1, 0.15) is 11.3 Å². The number of alkyl halides is 4. The molecular formula is C33H33F4NO3. The van der Waals surface area contributed by atoms with E-state index in [2.05, 4.69) is 4.90 Å². The summed E-state index contributed by atoms with van der Waals surface area (Å²) in [5, 5.41) is 9.57. The van der Waals surface area contributed by atoms with E-state index in [0.717, 1.165) is 48.3 Å². The van der Waals surface area contributed by atoms with Gasteiger partial charge < -0.3 is 14.7 Å². The van der Waals surface area contributed by atoms with Crippen LogP contribution in [0.1, 0.15) is 63.0 Å². The van der Waals surface area contributed by atoms with Gasteiger partial charge in [-0.25, -0.2) is 4.79 Å². The second-order valence-corrected chi connectivity index (χ2v) is 10.8. The summed E-state index contributed by atoms with van der Waals surface area (Å²) >= 11 is 0. The van der Waals surface area contributed by atoms with Gasteiger partial charge in [0.2, 0.25) is 0 Å². The Morgan fingerprint density at radius 3 is 2.44 bits per heavy atom. The Kier molecular flexibility index (Phi) is 8.50. The first-order valence-corrected chi connectivity index (χ1v) is 13.9. The number of hydrogen-bond donors (Lipinski definition) is 1. The van der Waals surface area contributed by atoms with E-state index in [0.29, 0.717) is 42.7 Å². The quantitative estimate of drug-likeness (QED) is 0.272. The summed E-state index contributed by atoms with van der Waals surface area (Å²) in [6.07, 6.45) is -1.69. The van der Waals surface area contributed by atoms with Crippen molar-refractivity contribution in [1.82, 2.24) is 4.90 Å². The SMILES string of the molecule is COc1cccc(C2=C(c3ccc(CC4CN(CCCF)C4)cc3)c3ccc(C(=O)O)cc3CCC2)c1C(F)(F)F. The predicted octanol–water partition coefficient (Wildman–Crippen LogP) is 7.54. The summed E-state index contributed by atoms with van der Waals surface area (Å²) in [4.78, 5) is 13.9. The van der Waals surface area contributed by atoms with Crippen LogP contribution in [0.5, 0.6) is 5.75 Å². The molecule has 0 amide bonds. The number of rotatable bonds is 9. The molecule has 0 saturated carbocycles. The third kappa shape index (κ3) is 6.17. The van der Waals surface area contributed by atoms with Gasteiger partial charge in [0.05, 0.1) is 19.3 Å². The molecule has 0 aromatic heterocycles. The second-order valence-electron chi connectivity index (χ2n) is 10.8. The molecular weight excluding hydrogens is 534 g/mol. The number of nitrogens with zero attached hydrogens (tertiary/aromatic N) is 1. The van der Waals surface area contributed by atoms with Gasteiger partial charge in [0, 0.05) is 19.6 Å². The second kappa shape index (κ2) is 12.1. The van der Waals surface area contributed by atoms with E-state index in [1.165, 1.54) is 25.3 Å². The van der Waals surface area contributed by atoms with Crippen LogP contribution < -0.4 is 4.74 Å². The van der Waals surface area contributed by atoms with Crippen LogP contribution in [0.25, 0.3) is 11.1 Å². The molecule has 0 radical (unpaired) electrons. The average Bonchev–Trinajstić information content (AvgIpc) is 3.12. The molecule has 1 aliphatic carbocycles. The summed E-state index contributed by atoms with van der Waals surface area (Å²) in [5.74, 6) is -0.781. The van der Waals surface area contributed by atoms with Crippen molar-refractivity contribution >= 4 is 17.1 Å². The minimum Gasteiger partial charge on any atom is -0.496 e. The van der Waals surface area contributed by atoms with Crippen LogP contribution in [-0.4, -0.2) is 49.4 Å². The first kappa shape index (κ1) is 28.9. The molecule has 216 valence electrons. The fourth-order valence-corrected chi connectivity index (χ4v) is 6.18. The molecule has 0 spiro atoms. The smallest absolute Gasteiger partial charge is 0.420 e. The zero-order valence-corrected chi connectivity index (χ0v) is 22.9. The molecule has 1 N–H and O–H groups in total. The largest absolute Gasteiger partial charge is 0.496 e. The van der Waals surface area contributed by atoms with E-state index in [1.807, 2.05) is 24.3 Å². The molecule has 1 fully saturated rings. The van der Waals surface area contributed by atoms with Crippen LogP contribution in [0, 0.1) is 5.92 Å². The van der Waals surface area contributed by atoms with Crippen molar-refractivity contribution < 1.29 is 32.2 Å². The lowest BCUT2D eigenvalue weighted by Crippen LogP contribution is -2.47. The number of halogens is 4. The highest BCUT2D eigenvalue weighted by molar-refractivity contribution is 6.01. The van der Waals surface area contributed by atoms with Crippen molar-refractivity contribution in [2.24, 2.45) is 5.92 Å². The van der Waals surface area contributed by atoms with E-state index in [4.69, 9.17) is 4.74 Å². The topological polar surface area (TPSA) is 49.8 Å². The number of hydrogen-bond acceptors (Lipinski definition) is 3. The van der Waals surface area contributed by atoms with Crippen molar-refractivity contribution in [1.29, 1.82) is 0 Å². The number of methoxy groups -OCH3 is 1. The van der Waals surface area contributed by atoms with Crippen LogP contribution >= 0.6 is 0 Å². The highest BCUT2D eigenvalue weighted by atomic mass is 19.4. The Bertz CT molecular complexity index is 1440. The zero-order chi connectivity index (χ0) is 29.1. The third-order valence-electron chi connectivity index (χ3n) is 8.06. The van der Waals surface area contributed by atoms with E-state index in [9.17, 15) is 27.5 Å². The molecule has 2 aliphatic rings. The number of aromatic carboxylic acids is 1. The number of fused-ring (bicyclic) bond motifs is 1. The van der Waals surface area contributed by atoms with Gasteiger partial charge in [-0.3, -0.25) is 4.39 Å². The maximum atomic E-state index is 14.4. The van der Waals surface area contributed by atoms with Crippen molar-refractivity contribution in [3.63, 3.8) is 0 Å². The summed E-state index contributed by atoms with van der Waals surface area (Å²) in [5.41, 5.74) is 4.14. The highest BCUT2D eigenvalue weighted by Crippen LogP contribution is 2.47.